The molecule has 1 atom stereocenters. The molecular formula is C30H38O4Si. The molecule has 0 spiro atoms. The van der Waals surface area contributed by atoms with Crippen molar-refractivity contribution >= 4 is 18.7 Å². The third kappa shape index (κ3) is 6.04. The predicted octanol–water partition coefficient (Wildman–Crippen LogP) is 5.91. The minimum atomic E-state index is -2.54. The molecule has 0 aromatic heterocycles. The van der Waals surface area contributed by atoms with E-state index in [0.717, 1.165) is 17.1 Å². The van der Waals surface area contributed by atoms with Gasteiger partial charge in [0, 0.05) is 12.7 Å². The summed E-state index contributed by atoms with van der Waals surface area (Å²) in [5.41, 5.74) is 0.965. The zero-order chi connectivity index (χ0) is 25.3. The van der Waals surface area contributed by atoms with E-state index >= 15 is 0 Å². The lowest BCUT2D eigenvalue weighted by atomic mass is 10.0. The van der Waals surface area contributed by atoms with E-state index in [4.69, 9.17) is 18.6 Å². The van der Waals surface area contributed by atoms with Gasteiger partial charge in [0.25, 0.3) is 8.32 Å². The molecule has 0 saturated heterocycles. The van der Waals surface area contributed by atoms with Crippen molar-refractivity contribution in [2.45, 2.75) is 38.3 Å². The van der Waals surface area contributed by atoms with Crippen LogP contribution in [0.3, 0.4) is 0 Å². The van der Waals surface area contributed by atoms with Crippen LogP contribution < -0.4 is 19.8 Å². The summed E-state index contributed by atoms with van der Waals surface area (Å²) in [7, 11) is 2.51. The van der Waals surface area contributed by atoms with Crippen LogP contribution in [0.1, 0.15) is 38.9 Å². The fraction of sp³-hybridized carbons (Fsp3) is 0.333. The van der Waals surface area contributed by atoms with E-state index in [1.807, 2.05) is 18.2 Å². The minimum absolute atomic E-state index is 0.0490. The molecule has 0 fully saturated rings. The van der Waals surface area contributed by atoms with Crippen molar-refractivity contribution in [1.29, 1.82) is 0 Å². The van der Waals surface area contributed by atoms with E-state index in [2.05, 4.69) is 93.6 Å². The molecule has 0 heterocycles. The van der Waals surface area contributed by atoms with E-state index < -0.39 is 8.32 Å². The van der Waals surface area contributed by atoms with Crippen molar-refractivity contribution in [1.82, 2.24) is 0 Å². The molecule has 0 radical (unpaired) electrons. The van der Waals surface area contributed by atoms with Crippen LogP contribution >= 0.6 is 0 Å². The van der Waals surface area contributed by atoms with Crippen molar-refractivity contribution in [2.24, 2.45) is 0 Å². The van der Waals surface area contributed by atoms with Gasteiger partial charge < -0.3 is 18.6 Å². The van der Waals surface area contributed by atoms with E-state index in [-0.39, 0.29) is 11.1 Å². The van der Waals surface area contributed by atoms with Gasteiger partial charge in [-0.15, -0.1) is 0 Å². The maximum absolute atomic E-state index is 6.94. The van der Waals surface area contributed by atoms with Gasteiger partial charge in [-0.3, -0.25) is 0 Å². The number of hydrogen-bond donors (Lipinski definition) is 0. The molecule has 4 nitrogen and oxygen atoms in total. The van der Waals surface area contributed by atoms with Crippen LogP contribution in [-0.2, 0) is 9.16 Å². The Morgan fingerprint density at radius 3 is 1.86 bits per heavy atom. The van der Waals surface area contributed by atoms with E-state index in [9.17, 15) is 0 Å². The van der Waals surface area contributed by atoms with Crippen molar-refractivity contribution in [3.8, 4) is 11.5 Å². The van der Waals surface area contributed by atoms with E-state index in [0.29, 0.717) is 13.0 Å². The lowest BCUT2D eigenvalue weighted by Gasteiger charge is -2.42. The molecule has 0 unspecified atom stereocenters. The average Bonchev–Trinajstić information content (AvgIpc) is 2.88. The third-order valence-electron chi connectivity index (χ3n) is 6.40. The molecule has 0 amide bonds. The summed E-state index contributed by atoms with van der Waals surface area (Å²) in [6.45, 7) is 7.40. The first-order chi connectivity index (χ1) is 16.9. The molecule has 0 aliphatic carbocycles. The van der Waals surface area contributed by atoms with Crippen LogP contribution in [0.5, 0.6) is 11.5 Å². The lowest BCUT2D eigenvalue weighted by Crippen LogP contribution is -2.66. The van der Waals surface area contributed by atoms with Crippen LogP contribution in [-0.4, -0.2) is 36.3 Å². The molecular weight excluding hydrogens is 452 g/mol. The largest absolute Gasteiger partial charge is 0.497 e. The van der Waals surface area contributed by atoms with Gasteiger partial charge in [-0.25, -0.2) is 0 Å². The molecule has 35 heavy (non-hydrogen) atoms. The molecule has 186 valence electrons. The fourth-order valence-corrected chi connectivity index (χ4v) is 9.17. The van der Waals surface area contributed by atoms with Crippen LogP contribution in [0.25, 0.3) is 0 Å². The SMILES string of the molecule is COc1ccc(OC)c([C@@H](C/C=C/CO[Si](c2ccccc2)(c2ccccc2)C(C)(C)C)OC)c1. The first kappa shape index (κ1) is 26.7. The smallest absolute Gasteiger partial charge is 0.261 e. The second kappa shape index (κ2) is 12.2. The molecule has 0 saturated carbocycles. The summed E-state index contributed by atoms with van der Waals surface area (Å²) in [5, 5.41) is 2.51. The van der Waals surface area contributed by atoms with Gasteiger partial charge in [-0.1, -0.05) is 93.6 Å². The van der Waals surface area contributed by atoms with E-state index in [1.165, 1.54) is 10.4 Å². The monoisotopic (exact) mass is 490 g/mol. The van der Waals surface area contributed by atoms with Crippen molar-refractivity contribution in [2.75, 3.05) is 27.9 Å². The Labute approximate surface area is 211 Å². The molecule has 0 aliphatic rings. The molecule has 3 aromatic carbocycles. The highest BCUT2D eigenvalue weighted by Crippen LogP contribution is 2.37. The standard InChI is InChI=1S/C30H38O4Si/c1-30(2,3)35(25-15-9-7-10-16-25,26-17-11-8-12-18-26)34-22-14-13-19-28(32-5)27-23-24(31-4)20-21-29(27)33-6/h7-18,20-21,23,28H,19,22H2,1-6H3/b14-13+/t28-/m1/s1. The highest BCUT2D eigenvalue weighted by Gasteiger charge is 2.49. The average molecular weight is 491 g/mol. The van der Waals surface area contributed by atoms with Crippen LogP contribution in [0.4, 0.5) is 0 Å². The van der Waals surface area contributed by atoms with Gasteiger partial charge in [-0.2, -0.15) is 0 Å². The zero-order valence-corrected chi connectivity index (χ0v) is 22.8. The maximum atomic E-state index is 6.94. The number of benzene rings is 3. The number of rotatable bonds is 11. The molecule has 0 bridgehead atoms. The van der Waals surface area contributed by atoms with Crippen LogP contribution in [0.15, 0.2) is 91.0 Å². The quantitative estimate of drug-likeness (QED) is 0.247. The summed E-state index contributed by atoms with van der Waals surface area (Å²) >= 11 is 0. The zero-order valence-electron chi connectivity index (χ0n) is 21.8. The fourth-order valence-electron chi connectivity index (χ4n) is 4.66. The first-order valence-electron chi connectivity index (χ1n) is 12.0. The predicted molar refractivity (Wildman–Crippen MR) is 147 cm³/mol. The van der Waals surface area contributed by atoms with Crippen molar-refractivity contribution < 1.29 is 18.6 Å². The number of methoxy groups -OCH3 is 3. The second-order valence-corrected chi connectivity index (χ2v) is 13.8. The topological polar surface area (TPSA) is 36.9 Å². The van der Waals surface area contributed by atoms with Gasteiger partial charge in [0.05, 0.1) is 26.9 Å². The lowest BCUT2D eigenvalue weighted by molar-refractivity contribution is 0.103. The van der Waals surface area contributed by atoms with Crippen molar-refractivity contribution in [3.05, 3.63) is 96.6 Å². The Morgan fingerprint density at radius 2 is 1.37 bits per heavy atom. The summed E-state index contributed by atoms with van der Waals surface area (Å²) in [6, 6.07) is 27.2. The Kier molecular flexibility index (Phi) is 9.32. The molecule has 3 rings (SSSR count). The molecule has 0 aliphatic heterocycles. The summed E-state index contributed by atoms with van der Waals surface area (Å²) in [6.07, 6.45) is 4.79. The Hall–Kier alpha value is -2.86. The third-order valence-corrected chi connectivity index (χ3v) is 11.4. The van der Waals surface area contributed by atoms with Crippen molar-refractivity contribution in [3.63, 3.8) is 0 Å². The molecule has 3 aromatic rings. The number of hydrogen-bond acceptors (Lipinski definition) is 4. The Morgan fingerprint density at radius 1 is 0.771 bits per heavy atom. The first-order valence-corrected chi connectivity index (χ1v) is 13.9. The van der Waals surface area contributed by atoms with E-state index in [1.54, 1.807) is 21.3 Å². The summed E-state index contributed by atoms with van der Waals surface area (Å²) < 4.78 is 23.7. The van der Waals surface area contributed by atoms with Crippen LogP contribution in [0.2, 0.25) is 5.04 Å². The van der Waals surface area contributed by atoms with Crippen LogP contribution in [0, 0.1) is 0 Å². The normalized spacial score (nSPS) is 13.1. The Bertz CT molecular complexity index is 1040. The summed E-state index contributed by atoms with van der Waals surface area (Å²) in [5.74, 6) is 1.57. The molecule has 0 N–H and O–H groups in total. The summed E-state index contributed by atoms with van der Waals surface area (Å²) in [4.78, 5) is 0. The van der Waals surface area contributed by atoms with Gasteiger partial charge in [0.1, 0.15) is 11.5 Å². The highest BCUT2D eigenvalue weighted by molar-refractivity contribution is 6.99. The maximum Gasteiger partial charge on any atom is 0.261 e. The van der Waals surface area contributed by atoms with Gasteiger partial charge in [-0.05, 0) is 40.0 Å². The highest BCUT2D eigenvalue weighted by atomic mass is 28.4. The van der Waals surface area contributed by atoms with Gasteiger partial charge in [0.2, 0.25) is 0 Å². The number of ether oxygens (including phenoxy) is 3. The van der Waals surface area contributed by atoms with Gasteiger partial charge >= 0.3 is 0 Å². The molecule has 5 heteroatoms. The Balaban J connectivity index is 1.83. The van der Waals surface area contributed by atoms with Gasteiger partial charge in [0.15, 0.2) is 0 Å². The second-order valence-electron chi connectivity index (χ2n) is 9.51. The minimum Gasteiger partial charge on any atom is -0.497 e.